The van der Waals surface area contributed by atoms with Crippen molar-refractivity contribution in [2.24, 2.45) is 11.3 Å². The molecule has 0 spiro atoms. The molecule has 1 aliphatic carbocycles. The summed E-state index contributed by atoms with van der Waals surface area (Å²) in [7, 11) is -7.24. The van der Waals surface area contributed by atoms with Gasteiger partial charge in [-0.15, -0.1) is 11.3 Å². The molecule has 2 aliphatic rings. The first-order chi connectivity index (χ1) is 20.5. The minimum atomic E-state index is -4.02. The Kier molecular flexibility index (Phi) is 8.98. The smallest absolute Gasteiger partial charge is 0.276 e. The molecule has 1 fully saturated rings. The lowest BCUT2D eigenvalue weighted by Gasteiger charge is -2.33. The van der Waals surface area contributed by atoms with Crippen LogP contribution in [-0.4, -0.2) is 56.2 Å². The molecule has 1 aromatic carbocycles. The van der Waals surface area contributed by atoms with Crippen LogP contribution in [0.15, 0.2) is 35.6 Å². The van der Waals surface area contributed by atoms with Crippen LogP contribution in [0.2, 0.25) is 5.02 Å². The molecule has 2 atom stereocenters. The van der Waals surface area contributed by atoms with Gasteiger partial charge in [-0.3, -0.25) is 9.59 Å². The van der Waals surface area contributed by atoms with Crippen LogP contribution in [-0.2, 0) is 38.3 Å². The van der Waals surface area contributed by atoms with Crippen LogP contribution in [0.5, 0.6) is 0 Å². The van der Waals surface area contributed by atoms with E-state index < -0.39 is 42.7 Å². The summed E-state index contributed by atoms with van der Waals surface area (Å²) in [6.07, 6.45) is 3.62. The third-order valence-electron chi connectivity index (χ3n) is 8.33. The summed E-state index contributed by atoms with van der Waals surface area (Å²) in [6.45, 7) is 8.33. The van der Waals surface area contributed by atoms with E-state index in [9.17, 15) is 26.4 Å². The fourth-order valence-corrected chi connectivity index (χ4v) is 10.2. The maximum Gasteiger partial charge on any atom is 0.276 e. The average Bonchev–Trinajstić information content (AvgIpc) is 3.47. The van der Waals surface area contributed by atoms with Crippen LogP contribution in [0.25, 0.3) is 0 Å². The van der Waals surface area contributed by atoms with Crippen LogP contribution in [0.3, 0.4) is 0 Å². The van der Waals surface area contributed by atoms with Gasteiger partial charge < -0.3 is 10.6 Å². The second-order valence-electron chi connectivity index (χ2n) is 12.6. The van der Waals surface area contributed by atoms with Crippen LogP contribution in [0, 0.1) is 18.3 Å². The third-order valence-corrected chi connectivity index (χ3v) is 13.0. The van der Waals surface area contributed by atoms with E-state index in [1.54, 1.807) is 25.1 Å². The van der Waals surface area contributed by atoms with Crippen LogP contribution in [0.4, 0.5) is 5.00 Å². The Labute approximate surface area is 266 Å². The molecule has 0 radical (unpaired) electrons. The molecule has 3 heterocycles. The lowest BCUT2D eigenvalue weighted by Crippen LogP contribution is -2.36. The molecular formula is C30H35ClN4O6S3. The Hall–Kier alpha value is -2.87. The number of nitrogens with zero attached hydrogens (tertiary/aromatic N) is 2. The highest BCUT2D eigenvalue weighted by Crippen LogP contribution is 2.44. The summed E-state index contributed by atoms with van der Waals surface area (Å²) in [5.74, 6) is -1.34. The van der Waals surface area contributed by atoms with Gasteiger partial charge in [0.2, 0.25) is 15.0 Å². The van der Waals surface area contributed by atoms with E-state index in [1.165, 1.54) is 11.3 Å². The summed E-state index contributed by atoms with van der Waals surface area (Å²) in [5, 5.41) is 5.23. The van der Waals surface area contributed by atoms with Gasteiger partial charge in [-0.25, -0.2) is 26.8 Å². The predicted octanol–water partition coefficient (Wildman–Crippen LogP) is 4.79. The number of rotatable bonds is 7. The zero-order valence-electron chi connectivity index (χ0n) is 24.9. The molecule has 2 N–H and O–H groups in total. The van der Waals surface area contributed by atoms with Gasteiger partial charge in [0.15, 0.2) is 15.5 Å². The van der Waals surface area contributed by atoms with Crippen molar-refractivity contribution in [3.63, 3.8) is 0 Å². The van der Waals surface area contributed by atoms with Crippen LogP contribution < -0.4 is 10.6 Å². The van der Waals surface area contributed by atoms with E-state index in [1.807, 2.05) is 6.07 Å². The molecule has 3 aromatic rings. The lowest BCUT2D eigenvalue weighted by molar-refractivity contribution is 0.0941. The molecule has 2 amide bonds. The monoisotopic (exact) mass is 678 g/mol. The fourth-order valence-electron chi connectivity index (χ4n) is 5.68. The number of thiophene rings is 1. The van der Waals surface area contributed by atoms with Crippen molar-refractivity contribution < 1.29 is 26.4 Å². The Morgan fingerprint density at radius 2 is 1.86 bits per heavy atom. The second-order valence-corrected chi connectivity index (χ2v) is 18.2. The molecule has 2 unspecified atom stereocenters. The van der Waals surface area contributed by atoms with Crippen molar-refractivity contribution >= 4 is 59.4 Å². The molecule has 44 heavy (non-hydrogen) atoms. The van der Waals surface area contributed by atoms with E-state index in [2.05, 4.69) is 41.4 Å². The molecule has 0 saturated carbocycles. The normalized spacial score (nSPS) is 19.8. The number of hydrogen-bond acceptors (Lipinski definition) is 9. The predicted molar refractivity (Wildman–Crippen MR) is 171 cm³/mol. The Morgan fingerprint density at radius 1 is 1.14 bits per heavy atom. The molecule has 0 bridgehead atoms. The molecule has 2 aromatic heterocycles. The largest absolute Gasteiger partial charge is 0.348 e. The number of nitrogens with one attached hydrogen (secondary N) is 2. The van der Waals surface area contributed by atoms with Crippen molar-refractivity contribution in [1.82, 2.24) is 15.3 Å². The van der Waals surface area contributed by atoms with E-state index in [4.69, 9.17) is 11.6 Å². The average molecular weight is 679 g/mol. The molecular weight excluding hydrogens is 644 g/mol. The number of aromatic nitrogens is 2. The molecule has 236 valence electrons. The number of amides is 2. The number of sulfone groups is 2. The zero-order valence-corrected chi connectivity index (χ0v) is 28.1. The van der Waals surface area contributed by atoms with Crippen molar-refractivity contribution in [1.29, 1.82) is 0 Å². The van der Waals surface area contributed by atoms with Gasteiger partial charge in [0.1, 0.15) is 5.00 Å². The Morgan fingerprint density at radius 3 is 2.52 bits per heavy atom. The topological polar surface area (TPSA) is 152 Å². The zero-order chi connectivity index (χ0) is 32.0. The minimum Gasteiger partial charge on any atom is -0.348 e. The van der Waals surface area contributed by atoms with E-state index in [0.29, 0.717) is 29.9 Å². The van der Waals surface area contributed by atoms with Crippen LogP contribution >= 0.6 is 22.9 Å². The molecule has 14 heteroatoms. The number of carbonyl (C=O) groups excluding carboxylic acids is 2. The highest BCUT2D eigenvalue weighted by atomic mass is 35.5. The first-order valence-corrected chi connectivity index (χ1v) is 19.0. The molecule has 1 saturated heterocycles. The van der Waals surface area contributed by atoms with Gasteiger partial charge in [0.25, 0.3) is 11.8 Å². The van der Waals surface area contributed by atoms with Crippen molar-refractivity contribution in [2.75, 3.05) is 16.8 Å². The maximum atomic E-state index is 13.6. The van der Waals surface area contributed by atoms with Crippen molar-refractivity contribution in [3.05, 3.63) is 68.3 Å². The number of benzene rings is 1. The van der Waals surface area contributed by atoms with E-state index in [0.717, 1.165) is 35.0 Å². The first-order valence-electron chi connectivity index (χ1n) is 14.3. The Bertz CT molecular complexity index is 1850. The first kappa shape index (κ1) is 32.5. The number of fused-ring (bicyclic) bond motifs is 1. The van der Waals surface area contributed by atoms with E-state index >= 15 is 0 Å². The molecule has 10 nitrogen and oxygen atoms in total. The van der Waals surface area contributed by atoms with Gasteiger partial charge in [-0.2, -0.15) is 0 Å². The number of hydrogen-bond donors (Lipinski definition) is 2. The summed E-state index contributed by atoms with van der Waals surface area (Å²) in [5.41, 5.74) is 2.21. The van der Waals surface area contributed by atoms with Crippen molar-refractivity contribution in [3.8, 4) is 0 Å². The highest BCUT2D eigenvalue weighted by molar-refractivity contribution is 7.91. The van der Waals surface area contributed by atoms with Crippen molar-refractivity contribution in [2.45, 2.75) is 70.3 Å². The van der Waals surface area contributed by atoms with Gasteiger partial charge >= 0.3 is 0 Å². The fraction of sp³-hybridized carbons (Fsp3) is 0.467. The summed E-state index contributed by atoms with van der Waals surface area (Å²) in [6, 6.07) is 6.53. The Balaban J connectivity index is 1.46. The van der Waals surface area contributed by atoms with Crippen LogP contribution in [0.1, 0.15) is 76.0 Å². The lowest BCUT2D eigenvalue weighted by atomic mass is 9.72. The number of halogens is 1. The number of anilines is 1. The summed E-state index contributed by atoms with van der Waals surface area (Å²) < 4.78 is 50.4. The van der Waals surface area contributed by atoms with Gasteiger partial charge in [-0.05, 0) is 60.6 Å². The van der Waals surface area contributed by atoms with Gasteiger partial charge in [0, 0.05) is 10.9 Å². The summed E-state index contributed by atoms with van der Waals surface area (Å²) in [4.78, 5) is 36.2. The third kappa shape index (κ3) is 7.00. The molecule has 1 aliphatic heterocycles. The molecule has 5 rings (SSSR count). The van der Waals surface area contributed by atoms with Gasteiger partial charge in [-0.1, -0.05) is 56.6 Å². The summed E-state index contributed by atoms with van der Waals surface area (Å²) >= 11 is 7.59. The SMILES string of the molecule is Cc1ccccc1CS(=O)(=O)c1ncc(Cl)c(C(=O)Nc2sc3c(c2C(=O)NC2CCS(=O)(=O)C2)CCC(C(C)(C)C)C3)n1. The minimum absolute atomic E-state index is 0.0117. The van der Waals surface area contributed by atoms with E-state index in [-0.39, 0.29) is 38.4 Å². The maximum absolute atomic E-state index is 13.6. The highest BCUT2D eigenvalue weighted by Gasteiger charge is 2.36. The van der Waals surface area contributed by atoms with Gasteiger partial charge in [0.05, 0.1) is 34.0 Å². The second kappa shape index (κ2) is 12.1. The number of aryl methyl sites for hydroxylation is 1. The number of carbonyl (C=O) groups is 2. The standard InChI is InChI=1S/C30H35ClN4O6S3/c1-17-7-5-6-8-18(17)15-44(40,41)29-32-14-22(31)25(34-29)27(37)35-28-24(26(36)33-20-11-12-43(38,39)16-20)21-10-9-19(30(2,3)4)13-23(21)42-28/h5-8,14,19-20H,9-13,15-16H2,1-4H3,(H,33,36)(H,35,37). The quantitative estimate of drug-likeness (QED) is 0.338.